The van der Waals surface area contributed by atoms with Crippen LogP contribution in [0.3, 0.4) is 0 Å². The fourth-order valence-electron chi connectivity index (χ4n) is 2.12. The second-order valence-corrected chi connectivity index (χ2v) is 6.27. The molecule has 0 aromatic carbocycles. The number of thiazole rings is 1. The van der Waals surface area contributed by atoms with E-state index in [0.29, 0.717) is 5.69 Å². The monoisotopic (exact) mass is 380 g/mol. The Kier molecular flexibility index (Phi) is 5.82. The first-order valence-electron chi connectivity index (χ1n) is 7.52. The molecule has 0 saturated carbocycles. The Labute approximate surface area is 151 Å². The molecule has 0 saturated heterocycles. The molecule has 0 bridgehead atoms. The van der Waals surface area contributed by atoms with Crippen molar-refractivity contribution < 1.29 is 19.2 Å². The molecule has 0 spiro atoms. The Hall–Kier alpha value is -3.08. The minimum absolute atomic E-state index is 0.171. The van der Waals surface area contributed by atoms with E-state index in [1.807, 2.05) is 0 Å². The molecule has 2 heterocycles. The summed E-state index contributed by atoms with van der Waals surface area (Å²) >= 11 is 0.948. The molecule has 26 heavy (non-hydrogen) atoms. The van der Waals surface area contributed by atoms with Gasteiger partial charge in [0, 0.05) is 11.6 Å². The summed E-state index contributed by atoms with van der Waals surface area (Å²) < 4.78 is 5.83. The minimum atomic E-state index is -0.626. The Bertz CT molecular complexity index is 933. The molecular weight excluding hydrogens is 364 g/mol. The van der Waals surface area contributed by atoms with Crippen molar-refractivity contribution in [3.63, 3.8) is 0 Å². The molecule has 0 aliphatic heterocycles. The lowest BCUT2D eigenvalue weighted by atomic mass is 10.2. The number of hydrogen-bond donors (Lipinski definition) is 1. The van der Waals surface area contributed by atoms with E-state index in [4.69, 9.17) is 4.74 Å². The number of aryl methyl sites for hydroxylation is 2. The van der Waals surface area contributed by atoms with Crippen LogP contribution in [0.5, 0.6) is 0 Å². The summed E-state index contributed by atoms with van der Waals surface area (Å²) in [6.07, 6.45) is 1.02. The maximum absolute atomic E-state index is 12.1. The molecule has 0 radical (unpaired) electrons. The van der Waals surface area contributed by atoms with Crippen molar-refractivity contribution >= 4 is 34.0 Å². The molecule has 0 fully saturated rings. The van der Waals surface area contributed by atoms with E-state index in [9.17, 15) is 24.5 Å². The van der Waals surface area contributed by atoms with Crippen LogP contribution in [0.2, 0.25) is 0 Å². The summed E-state index contributed by atoms with van der Waals surface area (Å²) in [5.41, 5.74) is -0.170. The fraction of sp³-hybridized carbons (Fsp3) is 0.333. The molecule has 0 atom stereocenters. The molecular formula is C15H16N4O6S. The summed E-state index contributed by atoms with van der Waals surface area (Å²) in [6, 6.07) is 1.10. The molecule has 0 unspecified atom stereocenters. The van der Waals surface area contributed by atoms with Gasteiger partial charge < -0.3 is 10.1 Å². The van der Waals surface area contributed by atoms with Gasteiger partial charge in [-0.2, -0.15) is 0 Å². The summed E-state index contributed by atoms with van der Waals surface area (Å²) in [5.74, 6) is -1.14. The largest absolute Gasteiger partial charge is 0.462 e. The third kappa shape index (κ3) is 4.30. The van der Waals surface area contributed by atoms with Gasteiger partial charge in [0.1, 0.15) is 11.4 Å². The molecule has 2 aromatic heterocycles. The number of carbonyl (C=O) groups excluding carboxylic acids is 2. The molecule has 2 rings (SSSR count). The van der Waals surface area contributed by atoms with Gasteiger partial charge in [0.05, 0.1) is 23.4 Å². The van der Waals surface area contributed by atoms with Gasteiger partial charge in [0.2, 0.25) is 5.91 Å². The van der Waals surface area contributed by atoms with Gasteiger partial charge in [-0.15, -0.1) is 0 Å². The van der Waals surface area contributed by atoms with E-state index in [2.05, 4.69) is 10.3 Å². The number of rotatable bonds is 6. The average molecular weight is 380 g/mol. The first kappa shape index (κ1) is 19.2. The molecule has 2 aromatic rings. The third-order valence-electron chi connectivity index (χ3n) is 3.32. The quantitative estimate of drug-likeness (QED) is 0.457. The zero-order valence-electron chi connectivity index (χ0n) is 14.3. The van der Waals surface area contributed by atoms with Crippen LogP contribution in [0, 0.1) is 24.0 Å². The maximum atomic E-state index is 12.1. The van der Waals surface area contributed by atoms with Crippen LogP contribution in [0.4, 0.5) is 10.8 Å². The minimum Gasteiger partial charge on any atom is -0.462 e. The first-order valence-corrected chi connectivity index (χ1v) is 8.34. The van der Waals surface area contributed by atoms with Crippen molar-refractivity contribution in [2.75, 3.05) is 11.9 Å². The van der Waals surface area contributed by atoms with Gasteiger partial charge in [-0.05, 0) is 20.8 Å². The van der Waals surface area contributed by atoms with Crippen LogP contribution < -0.4 is 10.9 Å². The van der Waals surface area contributed by atoms with E-state index in [0.717, 1.165) is 28.2 Å². The van der Waals surface area contributed by atoms with Crippen molar-refractivity contribution in [2.24, 2.45) is 0 Å². The first-order chi connectivity index (χ1) is 12.2. The van der Waals surface area contributed by atoms with E-state index in [1.54, 1.807) is 13.8 Å². The van der Waals surface area contributed by atoms with E-state index in [1.165, 1.54) is 6.92 Å². The molecule has 1 N–H and O–H groups in total. The van der Waals surface area contributed by atoms with E-state index < -0.39 is 28.9 Å². The van der Waals surface area contributed by atoms with Gasteiger partial charge in [0.25, 0.3) is 11.2 Å². The molecule has 11 heteroatoms. The Morgan fingerprint density at radius 1 is 1.42 bits per heavy atom. The van der Waals surface area contributed by atoms with Crippen molar-refractivity contribution in [1.82, 2.24) is 9.55 Å². The molecule has 0 aliphatic rings. The Morgan fingerprint density at radius 2 is 2.12 bits per heavy atom. The Morgan fingerprint density at radius 3 is 2.73 bits per heavy atom. The average Bonchev–Trinajstić information content (AvgIpc) is 2.90. The fourth-order valence-corrected chi connectivity index (χ4v) is 3.00. The predicted molar refractivity (Wildman–Crippen MR) is 93.5 cm³/mol. The number of nitrogens with one attached hydrogen (secondary N) is 1. The van der Waals surface area contributed by atoms with Gasteiger partial charge in [-0.25, -0.2) is 9.78 Å². The highest BCUT2D eigenvalue weighted by atomic mass is 32.1. The number of nitrogens with zero attached hydrogens (tertiary/aromatic N) is 3. The number of nitro groups is 1. The standard InChI is InChI=1S/C15H16N4O6S/c1-4-25-14(22)13-9(3)16-15(26-13)17-11(20)7-18-6-10(19(23)24)8(2)5-12(18)21/h5-6H,4,7H2,1-3H3,(H,16,17,20). The van der Waals surface area contributed by atoms with Crippen LogP contribution in [0.15, 0.2) is 17.1 Å². The number of carbonyl (C=O) groups is 2. The lowest BCUT2D eigenvalue weighted by molar-refractivity contribution is -0.385. The molecule has 1 amide bonds. The van der Waals surface area contributed by atoms with Gasteiger partial charge in [0.15, 0.2) is 5.13 Å². The summed E-state index contributed by atoms with van der Waals surface area (Å²) in [7, 11) is 0. The smallest absolute Gasteiger partial charge is 0.350 e. The molecule has 0 aliphatic carbocycles. The predicted octanol–water partition coefficient (Wildman–Crippen LogP) is 1.65. The van der Waals surface area contributed by atoms with Gasteiger partial charge in [-0.1, -0.05) is 11.3 Å². The SMILES string of the molecule is CCOC(=O)c1sc(NC(=O)Cn2cc([N+](=O)[O-])c(C)cc2=O)nc1C. The molecule has 138 valence electrons. The number of hydrogen-bond acceptors (Lipinski definition) is 8. The van der Waals surface area contributed by atoms with Crippen LogP contribution in [0.1, 0.15) is 27.9 Å². The van der Waals surface area contributed by atoms with E-state index in [-0.39, 0.29) is 27.9 Å². The lowest BCUT2D eigenvalue weighted by Crippen LogP contribution is -2.27. The maximum Gasteiger partial charge on any atom is 0.350 e. The van der Waals surface area contributed by atoms with Crippen LogP contribution in [-0.2, 0) is 16.1 Å². The van der Waals surface area contributed by atoms with Crippen LogP contribution >= 0.6 is 11.3 Å². The van der Waals surface area contributed by atoms with Gasteiger partial charge in [-0.3, -0.25) is 24.3 Å². The van der Waals surface area contributed by atoms with Crippen LogP contribution in [0.25, 0.3) is 0 Å². The van der Waals surface area contributed by atoms with Crippen LogP contribution in [-0.4, -0.2) is 33.0 Å². The number of pyridine rings is 1. The van der Waals surface area contributed by atoms with Crippen molar-refractivity contribution in [3.8, 4) is 0 Å². The van der Waals surface area contributed by atoms with Crippen molar-refractivity contribution in [1.29, 1.82) is 0 Å². The summed E-state index contributed by atoms with van der Waals surface area (Å²) in [4.78, 5) is 50.5. The number of anilines is 1. The normalized spacial score (nSPS) is 10.4. The van der Waals surface area contributed by atoms with E-state index >= 15 is 0 Å². The number of ether oxygens (including phenoxy) is 1. The number of aromatic nitrogens is 2. The number of amides is 1. The van der Waals surface area contributed by atoms with Crippen molar-refractivity contribution in [3.05, 3.63) is 48.9 Å². The highest BCUT2D eigenvalue weighted by Gasteiger charge is 2.19. The zero-order chi connectivity index (χ0) is 19.4. The summed E-state index contributed by atoms with van der Waals surface area (Å²) in [5, 5.41) is 13.6. The second-order valence-electron chi connectivity index (χ2n) is 5.27. The number of esters is 1. The highest BCUT2D eigenvalue weighted by Crippen LogP contribution is 2.23. The zero-order valence-corrected chi connectivity index (χ0v) is 15.1. The summed E-state index contributed by atoms with van der Waals surface area (Å²) in [6.45, 7) is 4.52. The second kappa shape index (κ2) is 7.87. The Balaban J connectivity index is 2.16. The topological polar surface area (TPSA) is 133 Å². The lowest BCUT2D eigenvalue weighted by Gasteiger charge is -2.06. The highest BCUT2D eigenvalue weighted by molar-refractivity contribution is 7.17. The molecule has 10 nitrogen and oxygen atoms in total. The van der Waals surface area contributed by atoms with Gasteiger partial charge >= 0.3 is 5.97 Å². The van der Waals surface area contributed by atoms with Crippen molar-refractivity contribution in [2.45, 2.75) is 27.3 Å². The third-order valence-corrected chi connectivity index (χ3v) is 4.37.